The van der Waals surface area contributed by atoms with Crippen LogP contribution in [-0.2, 0) is 6.18 Å². The van der Waals surface area contributed by atoms with Crippen molar-refractivity contribution < 1.29 is 22.8 Å². The molecule has 1 heterocycles. The van der Waals surface area contributed by atoms with Gasteiger partial charge in [-0.15, -0.1) is 0 Å². The van der Waals surface area contributed by atoms with E-state index in [1.54, 1.807) is 0 Å². The SMILES string of the molecule is CNC(=O)c1cc(NC(=O)c2ccc(C(F)(F)F)nc2C)ccc1Cl. The van der Waals surface area contributed by atoms with Gasteiger partial charge in [-0.3, -0.25) is 9.59 Å². The molecule has 0 saturated heterocycles. The smallest absolute Gasteiger partial charge is 0.355 e. The zero-order valence-electron chi connectivity index (χ0n) is 13.2. The number of carbonyl (C=O) groups excluding carboxylic acids is 2. The molecular formula is C16H13ClF3N3O2. The molecule has 0 spiro atoms. The number of amides is 2. The number of rotatable bonds is 3. The van der Waals surface area contributed by atoms with Gasteiger partial charge in [-0.05, 0) is 37.3 Å². The first-order valence-electron chi connectivity index (χ1n) is 7.01. The molecule has 25 heavy (non-hydrogen) atoms. The number of nitrogens with zero attached hydrogens (tertiary/aromatic N) is 1. The van der Waals surface area contributed by atoms with Crippen LogP contribution in [0.5, 0.6) is 0 Å². The van der Waals surface area contributed by atoms with E-state index in [4.69, 9.17) is 11.6 Å². The fourth-order valence-electron chi connectivity index (χ4n) is 2.07. The van der Waals surface area contributed by atoms with Gasteiger partial charge in [0.25, 0.3) is 11.8 Å². The van der Waals surface area contributed by atoms with Crippen molar-refractivity contribution in [2.45, 2.75) is 13.1 Å². The second-order valence-electron chi connectivity index (χ2n) is 5.06. The summed E-state index contributed by atoms with van der Waals surface area (Å²) in [5, 5.41) is 5.11. The summed E-state index contributed by atoms with van der Waals surface area (Å²) in [7, 11) is 1.43. The van der Waals surface area contributed by atoms with Crippen molar-refractivity contribution in [3.63, 3.8) is 0 Å². The molecule has 0 bridgehead atoms. The quantitative estimate of drug-likeness (QED) is 0.864. The van der Waals surface area contributed by atoms with E-state index in [0.717, 1.165) is 12.1 Å². The van der Waals surface area contributed by atoms with E-state index in [0.29, 0.717) is 0 Å². The Hall–Kier alpha value is -2.61. The molecular weight excluding hydrogens is 359 g/mol. The van der Waals surface area contributed by atoms with Gasteiger partial charge >= 0.3 is 6.18 Å². The number of hydrogen-bond acceptors (Lipinski definition) is 3. The molecule has 0 radical (unpaired) electrons. The lowest BCUT2D eigenvalue weighted by Gasteiger charge is -2.11. The second-order valence-corrected chi connectivity index (χ2v) is 5.46. The summed E-state index contributed by atoms with van der Waals surface area (Å²) in [5.41, 5.74) is -0.719. The molecule has 0 aliphatic rings. The number of pyridine rings is 1. The lowest BCUT2D eigenvalue weighted by Crippen LogP contribution is -2.19. The van der Waals surface area contributed by atoms with E-state index in [-0.39, 0.29) is 27.5 Å². The number of halogens is 4. The Bertz CT molecular complexity index is 838. The number of nitrogens with one attached hydrogen (secondary N) is 2. The van der Waals surface area contributed by atoms with Crippen molar-refractivity contribution in [1.82, 2.24) is 10.3 Å². The van der Waals surface area contributed by atoms with Crippen molar-refractivity contribution in [3.8, 4) is 0 Å². The van der Waals surface area contributed by atoms with Crippen molar-refractivity contribution in [2.24, 2.45) is 0 Å². The molecule has 0 fully saturated rings. The highest BCUT2D eigenvalue weighted by atomic mass is 35.5. The molecule has 2 aromatic rings. The molecule has 9 heteroatoms. The highest BCUT2D eigenvalue weighted by Crippen LogP contribution is 2.28. The summed E-state index contributed by atoms with van der Waals surface area (Å²) in [6.45, 7) is 1.31. The van der Waals surface area contributed by atoms with Crippen LogP contribution in [0.3, 0.4) is 0 Å². The van der Waals surface area contributed by atoms with Crippen molar-refractivity contribution in [1.29, 1.82) is 0 Å². The van der Waals surface area contributed by atoms with Gasteiger partial charge in [0.2, 0.25) is 0 Å². The average molecular weight is 372 g/mol. The maximum absolute atomic E-state index is 12.6. The van der Waals surface area contributed by atoms with Gasteiger partial charge in [-0.2, -0.15) is 13.2 Å². The van der Waals surface area contributed by atoms with Crippen molar-refractivity contribution in [2.75, 3.05) is 12.4 Å². The number of hydrogen-bond donors (Lipinski definition) is 2. The van der Waals surface area contributed by atoms with Crippen LogP contribution in [0.25, 0.3) is 0 Å². The number of aryl methyl sites for hydroxylation is 1. The van der Waals surface area contributed by atoms with E-state index >= 15 is 0 Å². The lowest BCUT2D eigenvalue weighted by atomic mass is 10.1. The molecule has 2 rings (SSSR count). The number of carbonyl (C=O) groups is 2. The van der Waals surface area contributed by atoms with Gasteiger partial charge in [-0.25, -0.2) is 4.98 Å². The Labute approximate surface area is 146 Å². The average Bonchev–Trinajstić information content (AvgIpc) is 2.54. The molecule has 0 aliphatic heterocycles. The van der Waals surface area contributed by atoms with Crippen LogP contribution in [0, 0.1) is 6.92 Å². The summed E-state index contributed by atoms with van der Waals surface area (Å²) in [5.74, 6) is -1.09. The fraction of sp³-hybridized carbons (Fsp3) is 0.188. The van der Waals surface area contributed by atoms with Gasteiger partial charge in [-0.1, -0.05) is 11.6 Å². The molecule has 0 saturated carbocycles. The van der Waals surface area contributed by atoms with Gasteiger partial charge in [0.15, 0.2) is 0 Å². The van der Waals surface area contributed by atoms with Crippen LogP contribution in [0.15, 0.2) is 30.3 Å². The first kappa shape index (κ1) is 18.7. The fourth-order valence-corrected chi connectivity index (χ4v) is 2.27. The van der Waals surface area contributed by atoms with Crippen LogP contribution in [0.4, 0.5) is 18.9 Å². The Morgan fingerprint density at radius 2 is 1.76 bits per heavy atom. The van der Waals surface area contributed by atoms with Crippen LogP contribution >= 0.6 is 11.6 Å². The molecule has 2 amide bonds. The first-order valence-corrected chi connectivity index (χ1v) is 7.39. The summed E-state index contributed by atoms with van der Waals surface area (Å²) in [6.07, 6.45) is -4.58. The second kappa shape index (κ2) is 7.10. The molecule has 132 valence electrons. The molecule has 5 nitrogen and oxygen atoms in total. The third-order valence-electron chi connectivity index (χ3n) is 3.32. The molecule has 1 aromatic heterocycles. The van der Waals surface area contributed by atoms with Gasteiger partial charge in [0.1, 0.15) is 5.69 Å². The predicted molar refractivity (Wildman–Crippen MR) is 86.8 cm³/mol. The Morgan fingerprint density at radius 1 is 1.08 bits per heavy atom. The Morgan fingerprint density at radius 3 is 2.32 bits per heavy atom. The number of benzene rings is 1. The Balaban J connectivity index is 2.27. The molecule has 0 atom stereocenters. The minimum Gasteiger partial charge on any atom is -0.355 e. The van der Waals surface area contributed by atoms with Gasteiger partial charge in [0.05, 0.1) is 21.8 Å². The standard InChI is InChI=1S/C16H13ClF3N3O2/c1-8-10(4-6-13(22-8)16(18,19)20)15(25)23-9-3-5-12(17)11(7-9)14(24)21-2/h3-7H,1-2H3,(H,21,24)(H,23,25). The monoisotopic (exact) mass is 371 g/mol. The highest BCUT2D eigenvalue weighted by Gasteiger charge is 2.33. The van der Waals surface area contributed by atoms with Gasteiger partial charge < -0.3 is 10.6 Å². The predicted octanol–water partition coefficient (Wildman–Crippen LogP) is 3.67. The van der Waals surface area contributed by atoms with Crippen LogP contribution < -0.4 is 10.6 Å². The molecule has 0 unspecified atom stereocenters. The zero-order chi connectivity index (χ0) is 18.8. The number of aromatic nitrogens is 1. The van der Waals surface area contributed by atoms with E-state index in [9.17, 15) is 22.8 Å². The van der Waals surface area contributed by atoms with Crippen LogP contribution in [0.1, 0.15) is 32.1 Å². The highest BCUT2D eigenvalue weighted by molar-refractivity contribution is 6.34. The van der Waals surface area contributed by atoms with E-state index < -0.39 is 23.7 Å². The molecule has 1 aromatic carbocycles. The normalized spacial score (nSPS) is 11.1. The summed E-state index contributed by atoms with van der Waals surface area (Å²) < 4.78 is 37.9. The largest absolute Gasteiger partial charge is 0.433 e. The molecule has 2 N–H and O–H groups in total. The van der Waals surface area contributed by atoms with E-state index in [1.165, 1.54) is 32.2 Å². The third kappa shape index (κ3) is 4.27. The minimum absolute atomic E-state index is 0.00977. The number of alkyl halides is 3. The lowest BCUT2D eigenvalue weighted by molar-refractivity contribution is -0.141. The van der Waals surface area contributed by atoms with Crippen LogP contribution in [0.2, 0.25) is 5.02 Å². The molecule has 0 aliphatic carbocycles. The maximum Gasteiger partial charge on any atom is 0.433 e. The maximum atomic E-state index is 12.6. The summed E-state index contributed by atoms with van der Waals surface area (Å²) >= 11 is 5.92. The van der Waals surface area contributed by atoms with E-state index in [1.807, 2.05) is 0 Å². The zero-order valence-corrected chi connectivity index (χ0v) is 13.9. The Kier molecular flexibility index (Phi) is 5.32. The topological polar surface area (TPSA) is 71.1 Å². The third-order valence-corrected chi connectivity index (χ3v) is 3.65. The minimum atomic E-state index is -4.58. The van der Waals surface area contributed by atoms with Crippen molar-refractivity contribution in [3.05, 3.63) is 57.9 Å². The summed E-state index contributed by atoms with van der Waals surface area (Å²) in [4.78, 5) is 27.4. The van der Waals surface area contributed by atoms with Gasteiger partial charge in [0, 0.05) is 12.7 Å². The first-order chi connectivity index (χ1) is 11.6. The van der Waals surface area contributed by atoms with E-state index in [2.05, 4.69) is 15.6 Å². The van der Waals surface area contributed by atoms with Crippen LogP contribution in [-0.4, -0.2) is 23.8 Å². The van der Waals surface area contributed by atoms with Crippen molar-refractivity contribution >= 4 is 29.1 Å². The summed E-state index contributed by atoms with van der Waals surface area (Å²) in [6, 6.07) is 6.06. The number of anilines is 1.